The van der Waals surface area contributed by atoms with Crippen molar-refractivity contribution in [1.82, 2.24) is 24.5 Å². The average molecular weight is 355 g/mol. The maximum atomic E-state index is 13.1. The number of nitrogens with zero attached hydrogens (tertiary/aromatic N) is 4. The minimum absolute atomic E-state index is 0.0754. The highest BCUT2D eigenvalue weighted by molar-refractivity contribution is 5.98. The normalized spacial score (nSPS) is 14.9. The molecular formula is C18H21N5O3. The fraction of sp³-hybridized carbons (Fsp3) is 0.444. The molecule has 1 saturated carbocycles. The third-order valence-electron chi connectivity index (χ3n) is 4.33. The first-order valence-corrected chi connectivity index (χ1v) is 8.66. The maximum Gasteiger partial charge on any atom is 0.270 e. The van der Waals surface area contributed by atoms with Gasteiger partial charge in [-0.25, -0.2) is 4.98 Å². The standard InChI is InChI=1S/C18H21N5O3/c1-18(2,3)9-22-15-11-5-4-8-19-13(11)21-23(15)17(26)12(16(22)25)14(24)20-10-6-7-10/h4-5,8,10,26H,6-7,9H2,1-3H3,(H,20,24). The fourth-order valence-corrected chi connectivity index (χ4v) is 3.05. The van der Waals surface area contributed by atoms with Crippen molar-refractivity contribution in [3.8, 4) is 5.88 Å². The molecule has 0 aromatic carbocycles. The molecule has 3 aromatic heterocycles. The highest BCUT2D eigenvalue weighted by atomic mass is 16.3. The number of nitrogens with one attached hydrogen (secondary N) is 1. The minimum Gasteiger partial charge on any atom is -0.492 e. The summed E-state index contributed by atoms with van der Waals surface area (Å²) in [6.45, 7) is 6.38. The van der Waals surface area contributed by atoms with Crippen molar-refractivity contribution in [2.24, 2.45) is 5.41 Å². The van der Waals surface area contributed by atoms with Crippen LogP contribution in [-0.2, 0) is 6.54 Å². The summed E-state index contributed by atoms with van der Waals surface area (Å²) in [4.78, 5) is 29.9. The molecule has 2 N–H and O–H groups in total. The van der Waals surface area contributed by atoms with Crippen molar-refractivity contribution in [2.75, 3.05) is 0 Å². The Morgan fingerprint density at radius 1 is 1.38 bits per heavy atom. The Morgan fingerprint density at radius 2 is 2.12 bits per heavy atom. The number of hydrogen-bond acceptors (Lipinski definition) is 5. The second-order valence-corrected chi connectivity index (χ2v) is 8.01. The van der Waals surface area contributed by atoms with Gasteiger partial charge in [0.15, 0.2) is 16.9 Å². The van der Waals surface area contributed by atoms with Gasteiger partial charge in [0.2, 0.25) is 5.88 Å². The number of carbonyl (C=O) groups excluding carboxylic acids is 1. The van der Waals surface area contributed by atoms with E-state index in [9.17, 15) is 14.7 Å². The summed E-state index contributed by atoms with van der Waals surface area (Å²) in [7, 11) is 0. The summed E-state index contributed by atoms with van der Waals surface area (Å²) < 4.78 is 2.76. The smallest absolute Gasteiger partial charge is 0.270 e. The molecule has 0 unspecified atom stereocenters. The molecule has 136 valence electrons. The summed E-state index contributed by atoms with van der Waals surface area (Å²) in [6, 6.07) is 3.62. The summed E-state index contributed by atoms with van der Waals surface area (Å²) in [5.74, 6) is -1.02. The Balaban J connectivity index is 2.05. The van der Waals surface area contributed by atoms with Crippen LogP contribution in [0.4, 0.5) is 0 Å². The lowest BCUT2D eigenvalue weighted by Gasteiger charge is -2.21. The van der Waals surface area contributed by atoms with Crippen molar-refractivity contribution in [3.63, 3.8) is 0 Å². The SMILES string of the molecule is CC(C)(C)Cn1c(=O)c(C(=O)NC2CC2)c(O)n2nc3ncccc3c12. The average Bonchev–Trinajstić information content (AvgIpc) is 3.27. The van der Waals surface area contributed by atoms with E-state index in [0.717, 1.165) is 12.8 Å². The highest BCUT2D eigenvalue weighted by Crippen LogP contribution is 2.26. The molecule has 26 heavy (non-hydrogen) atoms. The van der Waals surface area contributed by atoms with Crippen molar-refractivity contribution in [2.45, 2.75) is 46.2 Å². The molecule has 8 heteroatoms. The highest BCUT2D eigenvalue weighted by Gasteiger charge is 2.30. The molecule has 4 rings (SSSR count). The maximum absolute atomic E-state index is 13.1. The van der Waals surface area contributed by atoms with E-state index >= 15 is 0 Å². The first-order valence-electron chi connectivity index (χ1n) is 8.66. The van der Waals surface area contributed by atoms with Crippen LogP contribution in [0.1, 0.15) is 44.0 Å². The van der Waals surface area contributed by atoms with Gasteiger partial charge in [-0.3, -0.25) is 14.2 Å². The molecule has 1 aliphatic carbocycles. The molecule has 0 radical (unpaired) electrons. The van der Waals surface area contributed by atoms with Gasteiger partial charge in [0.25, 0.3) is 11.5 Å². The first kappa shape index (κ1) is 16.6. The topological polar surface area (TPSA) is 102 Å². The Labute approximate surface area is 149 Å². The minimum atomic E-state index is -0.563. The molecule has 1 amide bonds. The Morgan fingerprint density at radius 3 is 2.77 bits per heavy atom. The zero-order valence-corrected chi connectivity index (χ0v) is 15.0. The van der Waals surface area contributed by atoms with E-state index in [1.807, 2.05) is 20.8 Å². The van der Waals surface area contributed by atoms with Gasteiger partial charge in [0.05, 0.1) is 5.39 Å². The quantitative estimate of drug-likeness (QED) is 0.744. The summed E-state index contributed by atoms with van der Waals surface area (Å²) in [5.41, 5.74) is -0.169. The van der Waals surface area contributed by atoms with Crippen molar-refractivity contribution in [1.29, 1.82) is 0 Å². The molecule has 3 aromatic rings. The third kappa shape index (κ3) is 2.71. The number of carbonyl (C=O) groups is 1. The van der Waals surface area contributed by atoms with Gasteiger partial charge in [-0.15, -0.1) is 5.10 Å². The Bertz CT molecular complexity index is 1090. The number of hydrogen-bond donors (Lipinski definition) is 2. The predicted octanol–water partition coefficient (Wildman–Crippen LogP) is 1.69. The molecule has 0 saturated heterocycles. The number of amides is 1. The van der Waals surface area contributed by atoms with E-state index in [1.165, 1.54) is 9.08 Å². The molecule has 8 nitrogen and oxygen atoms in total. The third-order valence-corrected chi connectivity index (χ3v) is 4.33. The molecule has 0 atom stereocenters. The zero-order chi connectivity index (χ0) is 18.6. The molecule has 0 spiro atoms. The van der Waals surface area contributed by atoms with Crippen LogP contribution >= 0.6 is 0 Å². The van der Waals surface area contributed by atoms with Gasteiger partial charge in [-0.05, 0) is 30.4 Å². The lowest BCUT2D eigenvalue weighted by molar-refractivity contribution is 0.0944. The van der Waals surface area contributed by atoms with Crippen molar-refractivity contribution in [3.05, 3.63) is 34.2 Å². The number of pyridine rings is 1. The van der Waals surface area contributed by atoms with Crippen LogP contribution in [0.3, 0.4) is 0 Å². The van der Waals surface area contributed by atoms with Crippen LogP contribution < -0.4 is 10.9 Å². The van der Waals surface area contributed by atoms with Crippen molar-refractivity contribution >= 4 is 22.6 Å². The van der Waals surface area contributed by atoms with Gasteiger partial charge >= 0.3 is 0 Å². The Hall–Kier alpha value is -2.90. The lowest BCUT2D eigenvalue weighted by Crippen LogP contribution is -2.37. The molecule has 1 fully saturated rings. The summed E-state index contributed by atoms with van der Waals surface area (Å²) in [5, 5.41) is 18.4. The van der Waals surface area contributed by atoms with Gasteiger partial charge in [-0.2, -0.15) is 4.52 Å². The first-order chi connectivity index (χ1) is 12.3. The van der Waals surface area contributed by atoms with Crippen LogP contribution in [0.15, 0.2) is 23.1 Å². The predicted molar refractivity (Wildman–Crippen MR) is 96.4 cm³/mol. The van der Waals surface area contributed by atoms with Crippen LogP contribution in [0.2, 0.25) is 0 Å². The van der Waals surface area contributed by atoms with Crippen LogP contribution in [-0.4, -0.2) is 36.2 Å². The molecule has 3 heterocycles. The second kappa shape index (κ2) is 5.55. The van der Waals surface area contributed by atoms with E-state index in [4.69, 9.17) is 0 Å². The molecule has 0 aliphatic heterocycles. The molecule has 1 aliphatic rings. The summed E-state index contributed by atoms with van der Waals surface area (Å²) >= 11 is 0. The zero-order valence-electron chi connectivity index (χ0n) is 15.0. The lowest BCUT2D eigenvalue weighted by atomic mass is 9.96. The number of aromatic nitrogens is 4. The van der Waals surface area contributed by atoms with E-state index in [0.29, 0.717) is 23.2 Å². The van der Waals surface area contributed by atoms with Gasteiger partial charge in [-0.1, -0.05) is 20.8 Å². The van der Waals surface area contributed by atoms with E-state index in [-0.39, 0.29) is 17.0 Å². The van der Waals surface area contributed by atoms with E-state index in [1.54, 1.807) is 18.3 Å². The number of fused-ring (bicyclic) bond motifs is 3. The van der Waals surface area contributed by atoms with Gasteiger partial charge < -0.3 is 10.4 Å². The van der Waals surface area contributed by atoms with Crippen molar-refractivity contribution < 1.29 is 9.90 Å². The summed E-state index contributed by atoms with van der Waals surface area (Å²) in [6.07, 6.45) is 3.37. The largest absolute Gasteiger partial charge is 0.492 e. The number of aromatic hydroxyl groups is 1. The fourth-order valence-electron chi connectivity index (χ4n) is 3.05. The van der Waals surface area contributed by atoms with E-state index < -0.39 is 17.3 Å². The van der Waals surface area contributed by atoms with Crippen LogP contribution in [0, 0.1) is 5.41 Å². The molecular weight excluding hydrogens is 334 g/mol. The molecule has 0 bridgehead atoms. The van der Waals surface area contributed by atoms with Gasteiger partial charge in [0.1, 0.15) is 0 Å². The van der Waals surface area contributed by atoms with Gasteiger partial charge in [0, 0.05) is 18.8 Å². The van der Waals surface area contributed by atoms with Crippen LogP contribution in [0.25, 0.3) is 16.7 Å². The second-order valence-electron chi connectivity index (χ2n) is 8.01. The number of rotatable bonds is 3. The monoisotopic (exact) mass is 355 g/mol. The van der Waals surface area contributed by atoms with E-state index in [2.05, 4.69) is 15.4 Å². The Kier molecular flexibility index (Phi) is 3.54. The van der Waals surface area contributed by atoms with Crippen LogP contribution in [0.5, 0.6) is 5.88 Å².